The van der Waals surface area contributed by atoms with Gasteiger partial charge in [0.2, 0.25) is 5.91 Å². The zero-order valence-electron chi connectivity index (χ0n) is 11.6. The Hall–Kier alpha value is -1.55. The van der Waals surface area contributed by atoms with Crippen LogP contribution in [-0.4, -0.2) is 30.6 Å². The van der Waals surface area contributed by atoms with Crippen LogP contribution in [0.3, 0.4) is 0 Å². The van der Waals surface area contributed by atoms with Crippen molar-refractivity contribution in [2.45, 2.75) is 38.3 Å². The molecule has 0 radical (unpaired) electrons. The highest BCUT2D eigenvalue weighted by atomic mass is 16.3. The molecule has 0 aromatic heterocycles. The highest BCUT2D eigenvalue weighted by Gasteiger charge is 2.30. The number of likely N-dealkylation sites (N-methyl/N-ethyl adjacent to an activating group) is 1. The Balaban J connectivity index is 2.15. The van der Waals surface area contributed by atoms with Crippen LogP contribution in [0, 0.1) is 0 Å². The van der Waals surface area contributed by atoms with Gasteiger partial charge in [-0.05, 0) is 37.0 Å². The monoisotopic (exact) mass is 262 g/mol. The van der Waals surface area contributed by atoms with Crippen molar-refractivity contribution >= 4 is 11.6 Å². The van der Waals surface area contributed by atoms with Crippen molar-refractivity contribution in [1.82, 2.24) is 5.32 Å². The van der Waals surface area contributed by atoms with Gasteiger partial charge < -0.3 is 15.3 Å². The summed E-state index contributed by atoms with van der Waals surface area (Å²) in [4.78, 5) is 14.0. The fraction of sp³-hybridized carbons (Fsp3) is 0.533. The minimum atomic E-state index is -0.401. The van der Waals surface area contributed by atoms with Crippen molar-refractivity contribution in [3.8, 4) is 0 Å². The lowest BCUT2D eigenvalue weighted by atomic mass is 10.1. The van der Waals surface area contributed by atoms with Crippen LogP contribution in [0.15, 0.2) is 24.3 Å². The van der Waals surface area contributed by atoms with Crippen LogP contribution in [0.25, 0.3) is 0 Å². The Morgan fingerprint density at radius 1 is 1.47 bits per heavy atom. The van der Waals surface area contributed by atoms with Crippen molar-refractivity contribution in [2.24, 2.45) is 0 Å². The van der Waals surface area contributed by atoms with Crippen molar-refractivity contribution in [3.63, 3.8) is 0 Å². The van der Waals surface area contributed by atoms with Crippen LogP contribution in [0.4, 0.5) is 5.69 Å². The van der Waals surface area contributed by atoms with Gasteiger partial charge in [-0.1, -0.05) is 19.1 Å². The van der Waals surface area contributed by atoms with E-state index in [1.165, 1.54) is 0 Å². The molecular weight excluding hydrogens is 240 g/mol. The fourth-order valence-electron chi connectivity index (χ4n) is 2.64. The van der Waals surface area contributed by atoms with Crippen LogP contribution in [-0.2, 0) is 4.79 Å². The smallest absolute Gasteiger partial charge is 0.242 e. The van der Waals surface area contributed by atoms with Gasteiger partial charge in [0.1, 0.15) is 6.04 Å². The number of amides is 1. The molecule has 1 aliphatic heterocycles. The maximum atomic E-state index is 11.8. The van der Waals surface area contributed by atoms with Gasteiger partial charge >= 0.3 is 0 Å². The van der Waals surface area contributed by atoms with E-state index in [0.29, 0.717) is 6.42 Å². The topological polar surface area (TPSA) is 52.6 Å². The van der Waals surface area contributed by atoms with Crippen molar-refractivity contribution in [3.05, 3.63) is 29.8 Å². The average molecular weight is 262 g/mol. The number of nitrogens with one attached hydrogen (secondary N) is 1. The second-order valence-electron chi connectivity index (χ2n) is 4.98. The van der Waals surface area contributed by atoms with Gasteiger partial charge in [-0.2, -0.15) is 0 Å². The van der Waals surface area contributed by atoms with Gasteiger partial charge in [-0.15, -0.1) is 0 Å². The maximum Gasteiger partial charge on any atom is 0.242 e. The van der Waals surface area contributed by atoms with Gasteiger partial charge in [-0.3, -0.25) is 4.79 Å². The molecule has 2 atom stereocenters. The molecule has 0 aliphatic carbocycles. The molecule has 4 heteroatoms. The normalized spacial score (nSPS) is 20.4. The summed E-state index contributed by atoms with van der Waals surface area (Å²) in [7, 11) is 1.68. The van der Waals surface area contributed by atoms with E-state index in [4.69, 9.17) is 0 Å². The molecule has 1 unspecified atom stereocenters. The van der Waals surface area contributed by atoms with E-state index in [1.807, 2.05) is 31.2 Å². The molecule has 1 heterocycles. The third-order valence-electron chi connectivity index (χ3n) is 3.80. The molecule has 0 bridgehead atoms. The van der Waals surface area contributed by atoms with Gasteiger partial charge in [0, 0.05) is 19.3 Å². The molecule has 1 fully saturated rings. The first-order chi connectivity index (χ1) is 9.17. The van der Waals surface area contributed by atoms with E-state index in [2.05, 4.69) is 10.2 Å². The van der Waals surface area contributed by atoms with E-state index in [9.17, 15) is 9.90 Å². The minimum Gasteiger partial charge on any atom is -0.388 e. The molecule has 1 aromatic carbocycles. The zero-order valence-corrected chi connectivity index (χ0v) is 11.6. The molecule has 1 aliphatic rings. The van der Waals surface area contributed by atoms with Gasteiger partial charge in [0.25, 0.3) is 0 Å². The quantitative estimate of drug-likeness (QED) is 0.870. The van der Waals surface area contributed by atoms with Gasteiger partial charge in [0.05, 0.1) is 6.10 Å². The molecule has 1 saturated heterocycles. The summed E-state index contributed by atoms with van der Waals surface area (Å²) < 4.78 is 0. The Morgan fingerprint density at radius 3 is 2.74 bits per heavy atom. The Morgan fingerprint density at radius 2 is 2.16 bits per heavy atom. The fourth-order valence-corrected chi connectivity index (χ4v) is 2.64. The Kier molecular flexibility index (Phi) is 4.43. The van der Waals surface area contributed by atoms with E-state index in [1.54, 1.807) is 7.05 Å². The maximum absolute atomic E-state index is 11.8. The summed E-state index contributed by atoms with van der Waals surface area (Å²) in [5.41, 5.74) is 1.99. The Labute approximate surface area is 114 Å². The first kappa shape index (κ1) is 13.9. The number of hydrogen-bond donors (Lipinski definition) is 2. The lowest BCUT2D eigenvalue weighted by molar-refractivity contribution is -0.121. The van der Waals surface area contributed by atoms with E-state index in [-0.39, 0.29) is 11.9 Å². The summed E-state index contributed by atoms with van der Waals surface area (Å²) in [6.07, 6.45) is 2.25. The molecular formula is C15H22N2O2. The molecule has 4 nitrogen and oxygen atoms in total. The predicted octanol–water partition coefficient (Wildman–Crippen LogP) is 1.84. The standard InChI is InChI=1S/C15H22N2O2/c1-3-14(18)11-6-8-12(9-7-11)17-10-4-5-13(17)15(19)16-2/h6-9,13-14,18H,3-5,10H2,1-2H3,(H,16,19)/t13?,14-/m0/s1. The number of aliphatic hydroxyl groups excluding tert-OH is 1. The van der Waals surface area contributed by atoms with Crippen LogP contribution in [0.1, 0.15) is 37.9 Å². The third-order valence-corrected chi connectivity index (χ3v) is 3.80. The summed E-state index contributed by atoms with van der Waals surface area (Å²) in [6.45, 7) is 2.87. The molecule has 0 saturated carbocycles. The molecule has 2 rings (SSSR count). The molecule has 104 valence electrons. The number of nitrogens with zero attached hydrogens (tertiary/aromatic N) is 1. The number of rotatable bonds is 4. The van der Waals surface area contributed by atoms with Crippen molar-refractivity contribution in [2.75, 3.05) is 18.5 Å². The van der Waals surface area contributed by atoms with Crippen molar-refractivity contribution in [1.29, 1.82) is 0 Å². The number of anilines is 1. The SMILES string of the molecule is CC[C@H](O)c1ccc(N2CCCC2C(=O)NC)cc1. The predicted molar refractivity (Wildman–Crippen MR) is 76.1 cm³/mol. The number of benzene rings is 1. The molecule has 0 spiro atoms. The highest BCUT2D eigenvalue weighted by molar-refractivity contribution is 5.85. The lowest BCUT2D eigenvalue weighted by Crippen LogP contribution is -2.41. The van der Waals surface area contributed by atoms with Crippen LogP contribution in [0.5, 0.6) is 0 Å². The van der Waals surface area contributed by atoms with Crippen LogP contribution in [0.2, 0.25) is 0 Å². The molecule has 2 N–H and O–H groups in total. The third kappa shape index (κ3) is 2.89. The van der Waals surface area contributed by atoms with E-state index in [0.717, 1.165) is 30.6 Å². The summed E-state index contributed by atoms with van der Waals surface area (Å²) in [6, 6.07) is 7.82. The molecule has 1 aromatic rings. The number of carbonyl (C=O) groups excluding carboxylic acids is 1. The highest BCUT2D eigenvalue weighted by Crippen LogP contribution is 2.27. The second kappa shape index (κ2) is 6.06. The number of hydrogen-bond acceptors (Lipinski definition) is 3. The first-order valence-corrected chi connectivity index (χ1v) is 6.93. The van der Waals surface area contributed by atoms with E-state index >= 15 is 0 Å². The number of aliphatic hydroxyl groups is 1. The van der Waals surface area contributed by atoms with E-state index < -0.39 is 6.10 Å². The zero-order chi connectivity index (χ0) is 13.8. The second-order valence-corrected chi connectivity index (χ2v) is 4.98. The van der Waals surface area contributed by atoms with Gasteiger partial charge in [-0.25, -0.2) is 0 Å². The average Bonchev–Trinajstić information content (AvgIpc) is 2.95. The largest absolute Gasteiger partial charge is 0.388 e. The summed E-state index contributed by atoms with van der Waals surface area (Å²) >= 11 is 0. The minimum absolute atomic E-state index is 0.0630. The first-order valence-electron chi connectivity index (χ1n) is 6.93. The number of carbonyl (C=O) groups is 1. The van der Waals surface area contributed by atoms with Crippen molar-refractivity contribution < 1.29 is 9.90 Å². The summed E-state index contributed by atoms with van der Waals surface area (Å²) in [5, 5.41) is 12.5. The molecule has 1 amide bonds. The van der Waals surface area contributed by atoms with Crippen LogP contribution < -0.4 is 10.2 Å². The lowest BCUT2D eigenvalue weighted by Gasteiger charge is -2.25. The Bertz CT molecular complexity index is 430. The summed E-state index contributed by atoms with van der Waals surface area (Å²) in [5.74, 6) is 0.0789. The van der Waals surface area contributed by atoms with Crippen LogP contribution >= 0.6 is 0 Å². The molecule has 19 heavy (non-hydrogen) atoms. The van der Waals surface area contributed by atoms with Gasteiger partial charge in [0.15, 0.2) is 0 Å².